The molecule has 3 heteroatoms. The number of fused-ring (bicyclic) bond motifs is 1. The lowest BCUT2D eigenvalue weighted by Gasteiger charge is -2.10. The maximum Gasteiger partial charge on any atom is 0.224 e. The number of nitrogens with zero attached hydrogens (tertiary/aromatic N) is 1. The highest BCUT2D eigenvalue weighted by atomic mass is 16.1. The van der Waals surface area contributed by atoms with E-state index in [0.29, 0.717) is 12.3 Å². The molecule has 0 saturated carbocycles. The first-order valence-corrected chi connectivity index (χ1v) is 6.63. The van der Waals surface area contributed by atoms with Gasteiger partial charge in [0.1, 0.15) is 0 Å². The Morgan fingerprint density at radius 3 is 3.11 bits per heavy atom. The summed E-state index contributed by atoms with van der Waals surface area (Å²) >= 11 is 0. The van der Waals surface area contributed by atoms with E-state index in [0.717, 1.165) is 29.4 Å². The lowest BCUT2D eigenvalue weighted by atomic mass is 10.0. The van der Waals surface area contributed by atoms with Crippen molar-refractivity contribution in [2.75, 3.05) is 5.32 Å². The highest BCUT2D eigenvalue weighted by Crippen LogP contribution is 2.24. The molecule has 0 fully saturated rings. The topological polar surface area (TPSA) is 42.0 Å². The Bertz CT molecular complexity index is 628. The fraction of sp³-hybridized carbons (Fsp3) is 0.250. The number of hydrogen-bond donors (Lipinski definition) is 1. The second-order valence-corrected chi connectivity index (χ2v) is 4.89. The van der Waals surface area contributed by atoms with Crippen molar-refractivity contribution in [2.24, 2.45) is 5.92 Å². The van der Waals surface area contributed by atoms with Crippen molar-refractivity contribution in [2.45, 2.75) is 19.3 Å². The van der Waals surface area contributed by atoms with Crippen LogP contribution in [0.5, 0.6) is 0 Å². The van der Waals surface area contributed by atoms with E-state index in [2.05, 4.69) is 22.5 Å². The van der Waals surface area contributed by atoms with Crippen molar-refractivity contribution in [1.29, 1.82) is 0 Å². The van der Waals surface area contributed by atoms with Crippen molar-refractivity contribution >= 4 is 22.5 Å². The molecular weight excluding hydrogens is 236 g/mol. The Kier molecular flexibility index (Phi) is 3.27. The van der Waals surface area contributed by atoms with E-state index < -0.39 is 0 Å². The molecule has 0 unspecified atom stereocenters. The summed E-state index contributed by atoms with van der Waals surface area (Å²) in [5.74, 6) is 0.473. The molecule has 96 valence electrons. The van der Waals surface area contributed by atoms with Gasteiger partial charge < -0.3 is 5.32 Å². The zero-order chi connectivity index (χ0) is 13.1. The van der Waals surface area contributed by atoms with E-state index in [-0.39, 0.29) is 5.91 Å². The fourth-order valence-electron chi connectivity index (χ4n) is 2.52. The molecule has 1 N–H and O–H groups in total. The van der Waals surface area contributed by atoms with Gasteiger partial charge in [0.15, 0.2) is 0 Å². The van der Waals surface area contributed by atoms with Gasteiger partial charge in [0, 0.05) is 18.0 Å². The molecule has 19 heavy (non-hydrogen) atoms. The van der Waals surface area contributed by atoms with Crippen LogP contribution in [0.1, 0.15) is 19.3 Å². The van der Waals surface area contributed by atoms with Gasteiger partial charge in [0.25, 0.3) is 0 Å². The smallest absolute Gasteiger partial charge is 0.224 e. The lowest BCUT2D eigenvalue weighted by molar-refractivity contribution is -0.116. The lowest BCUT2D eigenvalue weighted by Crippen LogP contribution is -2.15. The van der Waals surface area contributed by atoms with E-state index in [1.165, 1.54) is 0 Å². The Labute approximate surface area is 112 Å². The first-order valence-electron chi connectivity index (χ1n) is 6.63. The molecule has 1 aromatic carbocycles. The number of anilines is 1. The van der Waals surface area contributed by atoms with Crippen LogP contribution in [0.25, 0.3) is 10.9 Å². The van der Waals surface area contributed by atoms with Crippen LogP contribution in [0.15, 0.2) is 48.7 Å². The standard InChI is InChI=1S/C16H16N2O/c19-16(11-12-5-1-2-6-12)18-15-9-3-8-14-13(15)7-4-10-17-14/h1,3-5,7-10,12H,2,6,11H2,(H,18,19)/t12-/m0/s1. The number of amides is 1. The predicted octanol–water partition coefficient (Wildman–Crippen LogP) is 3.53. The summed E-state index contributed by atoms with van der Waals surface area (Å²) < 4.78 is 0. The molecule has 1 aliphatic carbocycles. The van der Waals surface area contributed by atoms with Crippen LogP contribution >= 0.6 is 0 Å². The van der Waals surface area contributed by atoms with E-state index in [1.807, 2.05) is 30.3 Å². The van der Waals surface area contributed by atoms with Crippen LogP contribution < -0.4 is 5.32 Å². The zero-order valence-corrected chi connectivity index (χ0v) is 10.7. The average Bonchev–Trinajstić information content (AvgIpc) is 2.92. The summed E-state index contributed by atoms with van der Waals surface area (Å²) in [6.45, 7) is 0. The highest BCUT2D eigenvalue weighted by molar-refractivity contribution is 6.00. The molecule has 1 heterocycles. The van der Waals surface area contributed by atoms with Crippen LogP contribution in [0.4, 0.5) is 5.69 Å². The molecular formula is C16H16N2O. The number of pyridine rings is 1. The third-order valence-corrected chi connectivity index (χ3v) is 3.48. The summed E-state index contributed by atoms with van der Waals surface area (Å²) in [6, 6.07) is 9.66. The number of carbonyl (C=O) groups excluding carboxylic acids is 1. The molecule has 2 aromatic rings. The number of aromatic nitrogens is 1. The Morgan fingerprint density at radius 2 is 2.26 bits per heavy atom. The second-order valence-electron chi connectivity index (χ2n) is 4.89. The van der Waals surface area contributed by atoms with Gasteiger partial charge in [-0.15, -0.1) is 0 Å². The predicted molar refractivity (Wildman–Crippen MR) is 76.9 cm³/mol. The molecule has 0 aliphatic heterocycles. The van der Waals surface area contributed by atoms with Gasteiger partial charge in [-0.1, -0.05) is 18.2 Å². The number of nitrogens with one attached hydrogen (secondary N) is 1. The maximum atomic E-state index is 12.0. The minimum Gasteiger partial charge on any atom is -0.325 e. The minimum absolute atomic E-state index is 0.0768. The first-order chi connectivity index (χ1) is 9.33. The third-order valence-electron chi connectivity index (χ3n) is 3.48. The van der Waals surface area contributed by atoms with Crippen LogP contribution in [0, 0.1) is 5.92 Å². The zero-order valence-electron chi connectivity index (χ0n) is 10.7. The van der Waals surface area contributed by atoms with Crippen LogP contribution in [-0.2, 0) is 4.79 Å². The van der Waals surface area contributed by atoms with Gasteiger partial charge in [-0.3, -0.25) is 9.78 Å². The SMILES string of the molecule is O=C(C[C@H]1C=CCC1)Nc1cccc2ncccc12. The molecule has 0 spiro atoms. The highest BCUT2D eigenvalue weighted by Gasteiger charge is 2.14. The number of hydrogen-bond acceptors (Lipinski definition) is 2. The molecule has 3 nitrogen and oxygen atoms in total. The first kappa shape index (κ1) is 11.9. The Balaban J connectivity index is 1.77. The summed E-state index contributed by atoms with van der Waals surface area (Å²) in [6.07, 6.45) is 8.80. The van der Waals surface area contributed by atoms with Crippen LogP contribution in [-0.4, -0.2) is 10.9 Å². The summed E-state index contributed by atoms with van der Waals surface area (Å²) in [7, 11) is 0. The van der Waals surface area contributed by atoms with Crippen molar-refractivity contribution in [3.05, 3.63) is 48.7 Å². The molecule has 3 rings (SSSR count). The van der Waals surface area contributed by atoms with Crippen LogP contribution in [0.2, 0.25) is 0 Å². The molecule has 0 radical (unpaired) electrons. The number of carbonyl (C=O) groups is 1. The van der Waals surface area contributed by atoms with E-state index in [1.54, 1.807) is 6.20 Å². The molecule has 1 aromatic heterocycles. The second kappa shape index (κ2) is 5.22. The molecule has 0 bridgehead atoms. The maximum absolute atomic E-state index is 12.0. The van der Waals surface area contributed by atoms with Gasteiger partial charge in [-0.25, -0.2) is 0 Å². The monoisotopic (exact) mass is 252 g/mol. The Morgan fingerprint density at radius 1 is 1.32 bits per heavy atom. The Hall–Kier alpha value is -2.16. The quantitative estimate of drug-likeness (QED) is 0.849. The van der Waals surface area contributed by atoms with Gasteiger partial charge in [0.2, 0.25) is 5.91 Å². The normalized spacial score (nSPS) is 17.8. The fourth-order valence-corrected chi connectivity index (χ4v) is 2.52. The van der Waals surface area contributed by atoms with Crippen molar-refractivity contribution in [1.82, 2.24) is 4.98 Å². The molecule has 1 amide bonds. The van der Waals surface area contributed by atoms with Gasteiger partial charge in [-0.05, 0) is 43.0 Å². The average molecular weight is 252 g/mol. The van der Waals surface area contributed by atoms with Crippen LogP contribution in [0.3, 0.4) is 0 Å². The number of rotatable bonds is 3. The van der Waals surface area contributed by atoms with Gasteiger partial charge >= 0.3 is 0 Å². The van der Waals surface area contributed by atoms with E-state index in [9.17, 15) is 4.79 Å². The minimum atomic E-state index is 0.0768. The summed E-state index contributed by atoms with van der Waals surface area (Å²) in [5.41, 5.74) is 1.75. The molecule has 1 atom stereocenters. The molecule has 1 aliphatic rings. The number of benzene rings is 1. The van der Waals surface area contributed by atoms with Crippen molar-refractivity contribution in [3.63, 3.8) is 0 Å². The number of allylic oxidation sites excluding steroid dienone is 2. The van der Waals surface area contributed by atoms with Crippen molar-refractivity contribution < 1.29 is 4.79 Å². The van der Waals surface area contributed by atoms with Gasteiger partial charge in [0.05, 0.1) is 11.2 Å². The summed E-state index contributed by atoms with van der Waals surface area (Å²) in [4.78, 5) is 16.3. The third kappa shape index (κ3) is 2.65. The van der Waals surface area contributed by atoms with E-state index >= 15 is 0 Å². The van der Waals surface area contributed by atoms with E-state index in [4.69, 9.17) is 0 Å². The summed E-state index contributed by atoms with van der Waals surface area (Å²) in [5, 5.41) is 3.99. The van der Waals surface area contributed by atoms with Crippen molar-refractivity contribution in [3.8, 4) is 0 Å². The van der Waals surface area contributed by atoms with Gasteiger partial charge in [-0.2, -0.15) is 0 Å². The largest absolute Gasteiger partial charge is 0.325 e. The molecule has 0 saturated heterocycles.